The monoisotopic (exact) mass is 310 g/mol. The van der Waals surface area contributed by atoms with Crippen molar-refractivity contribution in [1.29, 1.82) is 0 Å². The third kappa shape index (κ3) is 2.22. The highest BCUT2D eigenvalue weighted by atomic mass is 16.5. The Morgan fingerprint density at radius 3 is 3.00 bits per heavy atom. The van der Waals surface area contributed by atoms with Crippen molar-refractivity contribution in [1.82, 2.24) is 19.4 Å². The highest BCUT2D eigenvalue weighted by molar-refractivity contribution is 5.63. The Bertz CT molecular complexity index is 853. The molecule has 23 heavy (non-hydrogen) atoms. The lowest BCUT2D eigenvalue weighted by atomic mass is 9.87. The Kier molecular flexibility index (Phi) is 3.36. The summed E-state index contributed by atoms with van der Waals surface area (Å²) in [5, 5.41) is 0. The SMILES string of the molecule is COC1(c2c(C)ccnc2-c2cn3cncc3cn2)CCOC1. The van der Waals surface area contributed by atoms with Gasteiger partial charge in [0.2, 0.25) is 0 Å². The van der Waals surface area contributed by atoms with E-state index in [4.69, 9.17) is 9.47 Å². The number of nitrogens with zero attached hydrogens (tertiary/aromatic N) is 4. The quantitative estimate of drug-likeness (QED) is 0.743. The number of aromatic nitrogens is 4. The van der Waals surface area contributed by atoms with Crippen LogP contribution in [0.3, 0.4) is 0 Å². The summed E-state index contributed by atoms with van der Waals surface area (Å²) in [5.74, 6) is 0. The smallest absolute Gasteiger partial charge is 0.121 e. The van der Waals surface area contributed by atoms with Crippen molar-refractivity contribution in [2.75, 3.05) is 20.3 Å². The van der Waals surface area contributed by atoms with Crippen LogP contribution < -0.4 is 0 Å². The number of imidazole rings is 1. The first-order valence-corrected chi connectivity index (χ1v) is 7.60. The number of fused-ring (bicyclic) bond motifs is 1. The van der Waals surface area contributed by atoms with Crippen molar-refractivity contribution in [2.24, 2.45) is 0 Å². The molecule has 0 N–H and O–H groups in total. The molecular weight excluding hydrogens is 292 g/mol. The van der Waals surface area contributed by atoms with Gasteiger partial charge in [0.05, 0.1) is 36.5 Å². The highest BCUT2D eigenvalue weighted by Gasteiger charge is 2.40. The summed E-state index contributed by atoms with van der Waals surface area (Å²) >= 11 is 0. The van der Waals surface area contributed by atoms with E-state index < -0.39 is 5.60 Å². The molecule has 0 saturated carbocycles. The molecule has 6 nitrogen and oxygen atoms in total. The van der Waals surface area contributed by atoms with Crippen LogP contribution in [-0.4, -0.2) is 39.7 Å². The summed E-state index contributed by atoms with van der Waals surface area (Å²) in [5.41, 5.74) is 4.33. The fraction of sp³-hybridized carbons (Fsp3) is 0.353. The third-order valence-electron chi connectivity index (χ3n) is 4.53. The van der Waals surface area contributed by atoms with Crippen LogP contribution in [0.4, 0.5) is 0 Å². The predicted octanol–water partition coefficient (Wildman–Crippen LogP) is 2.36. The zero-order chi connectivity index (χ0) is 15.9. The van der Waals surface area contributed by atoms with Gasteiger partial charge in [-0.3, -0.25) is 9.97 Å². The number of pyridine rings is 1. The van der Waals surface area contributed by atoms with Gasteiger partial charge < -0.3 is 13.9 Å². The molecule has 0 spiro atoms. The lowest BCUT2D eigenvalue weighted by Crippen LogP contribution is -2.31. The van der Waals surface area contributed by atoms with Gasteiger partial charge in [-0.1, -0.05) is 0 Å². The molecule has 0 aliphatic carbocycles. The van der Waals surface area contributed by atoms with Crippen LogP contribution in [-0.2, 0) is 15.1 Å². The average Bonchev–Trinajstić information content (AvgIpc) is 3.23. The summed E-state index contributed by atoms with van der Waals surface area (Å²) in [4.78, 5) is 13.3. The van der Waals surface area contributed by atoms with E-state index in [9.17, 15) is 0 Å². The maximum Gasteiger partial charge on any atom is 0.121 e. The van der Waals surface area contributed by atoms with Gasteiger partial charge in [0.1, 0.15) is 11.3 Å². The first-order valence-electron chi connectivity index (χ1n) is 7.60. The van der Waals surface area contributed by atoms with Crippen molar-refractivity contribution in [3.05, 3.63) is 48.3 Å². The van der Waals surface area contributed by atoms with Crippen LogP contribution in [0.15, 0.2) is 37.2 Å². The Morgan fingerprint density at radius 2 is 2.22 bits per heavy atom. The van der Waals surface area contributed by atoms with E-state index in [1.807, 2.05) is 22.9 Å². The maximum atomic E-state index is 5.89. The molecule has 0 aromatic carbocycles. The molecule has 0 radical (unpaired) electrons. The van der Waals surface area contributed by atoms with Gasteiger partial charge in [0, 0.05) is 38.1 Å². The van der Waals surface area contributed by atoms with E-state index in [1.54, 1.807) is 25.8 Å². The highest BCUT2D eigenvalue weighted by Crippen LogP contribution is 2.40. The lowest BCUT2D eigenvalue weighted by Gasteiger charge is -2.29. The topological polar surface area (TPSA) is 61.5 Å². The maximum absolute atomic E-state index is 5.89. The molecule has 1 saturated heterocycles. The summed E-state index contributed by atoms with van der Waals surface area (Å²) < 4.78 is 13.5. The van der Waals surface area contributed by atoms with Gasteiger partial charge in [-0.2, -0.15) is 0 Å². The second kappa shape index (κ2) is 5.40. The number of hydrogen-bond donors (Lipinski definition) is 0. The number of ether oxygens (including phenoxy) is 2. The van der Waals surface area contributed by atoms with Gasteiger partial charge in [0.25, 0.3) is 0 Å². The Balaban J connectivity index is 1.93. The van der Waals surface area contributed by atoms with Gasteiger partial charge in [0.15, 0.2) is 0 Å². The van der Waals surface area contributed by atoms with Crippen molar-refractivity contribution >= 4 is 5.52 Å². The summed E-state index contributed by atoms with van der Waals surface area (Å²) in [6.45, 7) is 3.31. The predicted molar refractivity (Wildman–Crippen MR) is 85.1 cm³/mol. The van der Waals surface area contributed by atoms with E-state index in [0.717, 1.165) is 34.5 Å². The molecule has 1 aliphatic heterocycles. The minimum atomic E-state index is -0.459. The van der Waals surface area contributed by atoms with Crippen molar-refractivity contribution in [3.63, 3.8) is 0 Å². The average molecular weight is 310 g/mol. The van der Waals surface area contributed by atoms with E-state index in [0.29, 0.717) is 13.2 Å². The number of hydrogen-bond acceptors (Lipinski definition) is 5. The van der Waals surface area contributed by atoms with Crippen molar-refractivity contribution in [3.8, 4) is 11.4 Å². The van der Waals surface area contributed by atoms with E-state index >= 15 is 0 Å². The fourth-order valence-electron chi connectivity index (χ4n) is 3.28. The number of rotatable bonds is 3. The van der Waals surface area contributed by atoms with Crippen LogP contribution >= 0.6 is 0 Å². The Labute approximate surface area is 134 Å². The molecule has 3 aromatic heterocycles. The molecule has 1 aliphatic rings. The minimum absolute atomic E-state index is 0.459. The molecule has 118 valence electrons. The fourth-order valence-corrected chi connectivity index (χ4v) is 3.28. The van der Waals surface area contributed by atoms with Gasteiger partial charge in [-0.15, -0.1) is 0 Å². The van der Waals surface area contributed by atoms with E-state index in [2.05, 4.69) is 21.9 Å². The number of aryl methyl sites for hydroxylation is 1. The molecular formula is C17H18N4O2. The molecule has 3 aromatic rings. The van der Waals surface area contributed by atoms with Crippen LogP contribution in [0, 0.1) is 6.92 Å². The molecule has 6 heteroatoms. The van der Waals surface area contributed by atoms with Crippen LogP contribution in [0.2, 0.25) is 0 Å². The zero-order valence-corrected chi connectivity index (χ0v) is 13.2. The van der Waals surface area contributed by atoms with Gasteiger partial charge >= 0.3 is 0 Å². The molecule has 1 fully saturated rings. The van der Waals surface area contributed by atoms with E-state index in [-0.39, 0.29) is 0 Å². The second-order valence-electron chi connectivity index (χ2n) is 5.85. The molecule has 1 atom stereocenters. The van der Waals surface area contributed by atoms with Crippen LogP contribution in [0.5, 0.6) is 0 Å². The summed E-state index contributed by atoms with van der Waals surface area (Å²) in [6.07, 6.45) is 9.93. The first-order chi connectivity index (χ1) is 11.2. The molecule has 4 heterocycles. The van der Waals surface area contributed by atoms with Crippen LogP contribution in [0.25, 0.3) is 16.9 Å². The normalized spacial score (nSPS) is 21.1. The van der Waals surface area contributed by atoms with Crippen molar-refractivity contribution < 1.29 is 9.47 Å². The number of methoxy groups -OCH3 is 1. The zero-order valence-electron chi connectivity index (χ0n) is 13.2. The summed E-state index contributed by atoms with van der Waals surface area (Å²) in [6, 6.07) is 2.01. The molecule has 0 bridgehead atoms. The minimum Gasteiger partial charge on any atom is -0.378 e. The lowest BCUT2D eigenvalue weighted by molar-refractivity contribution is -0.0215. The summed E-state index contributed by atoms with van der Waals surface area (Å²) in [7, 11) is 1.73. The van der Waals surface area contributed by atoms with Crippen LogP contribution in [0.1, 0.15) is 17.5 Å². The van der Waals surface area contributed by atoms with Crippen molar-refractivity contribution in [2.45, 2.75) is 18.9 Å². The molecule has 4 rings (SSSR count). The Morgan fingerprint density at radius 1 is 1.30 bits per heavy atom. The Hall–Kier alpha value is -2.31. The largest absolute Gasteiger partial charge is 0.378 e. The van der Waals surface area contributed by atoms with Gasteiger partial charge in [-0.05, 0) is 18.6 Å². The van der Waals surface area contributed by atoms with Gasteiger partial charge in [-0.25, -0.2) is 4.98 Å². The second-order valence-corrected chi connectivity index (χ2v) is 5.85. The first kappa shape index (κ1) is 14.3. The van der Waals surface area contributed by atoms with E-state index in [1.165, 1.54) is 0 Å². The third-order valence-corrected chi connectivity index (χ3v) is 4.53. The standard InChI is InChI=1S/C17H18N4O2/c1-12-3-5-19-16(15(12)17(22-2)4-6-23-10-17)14-9-21-11-18-7-13(21)8-20-14/h3,5,7-9,11H,4,6,10H2,1-2H3. The molecule has 0 amide bonds. The molecule has 1 unspecified atom stereocenters.